The van der Waals surface area contributed by atoms with E-state index in [1.807, 2.05) is 16.7 Å². The highest BCUT2D eigenvalue weighted by Crippen LogP contribution is 2.33. The van der Waals surface area contributed by atoms with E-state index < -0.39 is 0 Å². The Morgan fingerprint density at radius 3 is 3.20 bits per heavy atom. The Morgan fingerprint density at radius 2 is 2.40 bits per heavy atom. The molecule has 5 heteroatoms. The van der Waals surface area contributed by atoms with Crippen molar-refractivity contribution in [1.82, 2.24) is 4.90 Å². The van der Waals surface area contributed by atoms with Crippen molar-refractivity contribution in [3.05, 3.63) is 21.4 Å². The van der Waals surface area contributed by atoms with Crippen LogP contribution in [0.4, 0.5) is 0 Å². The molecule has 1 atom stereocenters. The number of likely N-dealkylation sites (tertiary alicyclic amines) is 1. The van der Waals surface area contributed by atoms with Gasteiger partial charge in [0.25, 0.3) is 5.91 Å². The largest absolute Gasteiger partial charge is 0.338 e. The second-order valence-corrected chi connectivity index (χ2v) is 7.94. The van der Waals surface area contributed by atoms with Crippen LogP contribution in [0.5, 0.6) is 0 Å². The van der Waals surface area contributed by atoms with Gasteiger partial charge in [-0.15, -0.1) is 11.3 Å². The lowest BCUT2D eigenvalue weighted by atomic mass is 9.95. The zero-order valence-corrected chi connectivity index (χ0v) is 13.4. The minimum Gasteiger partial charge on any atom is -0.338 e. The molecule has 1 saturated heterocycles. The molecule has 1 fully saturated rings. The molecule has 2 aliphatic heterocycles. The molecule has 0 spiro atoms. The molecular formula is C15H22N2OS2. The SMILES string of the molecule is NCCC1CCCN(C(=O)c2cc3c(s2)CCSC3)C1. The van der Waals surface area contributed by atoms with Crippen molar-refractivity contribution in [2.24, 2.45) is 11.7 Å². The third-order valence-corrected chi connectivity index (χ3v) is 6.45. The van der Waals surface area contributed by atoms with Gasteiger partial charge in [-0.1, -0.05) is 0 Å². The molecule has 3 heterocycles. The summed E-state index contributed by atoms with van der Waals surface area (Å²) in [6.45, 7) is 2.54. The van der Waals surface area contributed by atoms with Crippen LogP contribution in [-0.4, -0.2) is 36.2 Å². The topological polar surface area (TPSA) is 46.3 Å². The highest BCUT2D eigenvalue weighted by Gasteiger charge is 2.26. The number of nitrogens with zero attached hydrogens (tertiary/aromatic N) is 1. The van der Waals surface area contributed by atoms with Gasteiger partial charge >= 0.3 is 0 Å². The second kappa shape index (κ2) is 6.50. The predicted octanol–water partition coefficient (Wildman–Crippen LogP) is 2.74. The lowest BCUT2D eigenvalue weighted by Gasteiger charge is -2.32. The Balaban J connectivity index is 1.70. The Labute approximate surface area is 128 Å². The molecule has 2 N–H and O–H groups in total. The molecule has 2 aliphatic rings. The maximum absolute atomic E-state index is 12.7. The normalized spacial score (nSPS) is 22.6. The van der Waals surface area contributed by atoms with Crippen LogP contribution in [-0.2, 0) is 12.2 Å². The third kappa shape index (κ3) is 3.05. The summed E-state index contributed by atoms with van der Waals surface area (Å²) in [5.74, 6) is 3.12. The molecule has 110 valence electrons. The first-order chi connectivity index (χ1) is 9.78. The van der Waals surface area contributed by atoms with E-state index in [2.05, 4.69) is 6.07 Å². The minimum absolute atomic E-state index is 0.246. The standard InChI is InChI=1S/C15H22N2OS2/c16-5-3-11-2-1-6-17(9-11)15(18)14-8-12-10-19-7-4-13(12)20-14/h8,11H,1-7,9-10,16H2. The summed E-state index contributed by atoms with van der Waals surface area (Å²) in [4.78, 5) is 17.1. The molecule has 0 aromatic carbocycles. The Bertz CT molecular complexity index is 461. The minimum atomic E-state index is 0.246. The summed E-state index contributed by atoms with van der Waals surface area (Å²) in [6, 6.07) is 2.14. The Hall–Kier alpha value is -0.520. The fourth-order valence-corrected chi connectivity index (χ4v) is 5.47. The second-order valence-electron chi connectivity index (χ2n) is 5.70. The number of nitrogens with two attached hydrogens (primary N) is 1. The van der Waals surface area contributed by atoms with Crippen LogP contribution in [0.1, 0.15) is 39.4 Å². The highest BCUT2D eigenvalue weighted by molar-refractivity contribution is 7.98. The third-order valence-electron chi connectivity index (χ3n) is 4.22. The van der Waals surface area contributed by atoms with Gasteiger partial charge < -0.3 is 10.6 Å². The fraction of sp³-hybridized carbons (Fsp3) is 0.667. The van der Waals surface area contributed by atoms with Crippen LogP contribution in [0.3, 0.4) is 0 Å². The van der Waals surface area contributed by atoms with Crippen molar-refractivity contribution in [3.63, 3.8) is 0 Å². The number of aryl methyl sites for hydroxylation is 1. The fourth-order valence-electron chi connectivity index (χ4n) is 3.13. The van der Waals surface area contributed by atoms with Gasteiger partial charge in [-0.25, -0.2) is 0 Å². The molecule has 1 unspecified atom stereocenters. The summed E-state index contributed by atoms with van der Waals surface area (Å²) in [7, 11) is 0. The van der Waals surface area contributed by atoms with Gasteiger partial charge in [0.15, 0.2) is 0 Å². The van der Waals surface area contributed by atoms with Crippen LogP contribution < -0.4 is 5.73 Å². The molecule has 0 saturated carbocycles. The number of thioether (sulfide) groups is 1. The predicted molar refractivity (Wildman–Crippen MR) is 86.5 cm³/mol. The molecule has 20 heavy (non-hydrogen) atoms. The number of piperidine rings is 1. The van der Waals surface area contributed by atoms with Crippen LogP contribution >= 0.6 is 23.1 Å². The average molecular weight is 310 g/mol. The summed E-state index contributed by atoms with van der Waals surface area (Å²) in [5.41, 5.74) is 7.05. The number of fused-ring (bicyclic) bond motifs is 1. The van der Waals surface area contributed by atoms with Crippen molar-refractivity contribution in [2.75, 3.05) is 25.4 Å². The van der Waals surface area contributed by atoms with E-state index in [9.17, 15) is 4.79 Å². The quantitative estimate of drug-likeness (QED) is 0.934. The number of rotatable bonds is 3. The number of carbonyl (C=O) groups excluding carboxylic acids is 1. The van der Waals surface area contributed by atoms with Gasteiger partial charge in [-0.2, -0.15) is 11.8 Å². The van der Waals surface area contributed by atoms with E-state index in [1.165, 1.54) is 22.6 Å². The lowest BCUT2D eigenvalue weighted by molar-refractivity contribution is 0.0674. The van der Waals surface area contributed by atoms with Crippen molar-refractivity contribution in [3.8, 4) is 0 Å². The summed E-state index contributed by atoms with van der Waals surface area (Å²) in [5, 5.41) is 0. The average Bonchev–Trinajstić information content (AvgIpc) is 2.91. The molecular weight excluding hydrogens is 288 g/mol. The monoisotopic (exact) mass is 310 g/mol. The van der Waals surface area contributed by atoms with Crippen molar-refractivity contribution in [2.45, 2.75) is 31.4 Å². The maximum Gasteiger partial charge on any atom is 0.263 e. The van der Waals surface area contributed by atoms with Crippen LogP contribution in [0, 0.1) is 5.92 Å². The molecule has 3 nitrogen and oxygen atoms in total. The van der Waals surface area contributed by atoms with Crippen LogP contribution in [0.15, 0.2) is 6.07 Å². The summed E-state index contributed by atoms with van der Waals surface area (Å²) < 4.78 is 0. The van der Waals surface area contributed by atoms with E-state index in [1.54, 1.807) is 11.3 Å². The Kier molecular flexibility index (Phi) is 4.68. The molecule has 1 aromatic rings. The van der Waals surface area contributed by atoms with Crippen LogP contribution in [0.25, 0.3) is 0 Å². The lowest BCUT2D eigenvalue weighted by Crippen LogP contribution is -2.40. The highest BCUT2D eigenvalue weighted by atomic mass is 32.2. The number of carbonyl (C=O) groups is 1. The van der Waals surface area contributed by atoms with Crippen LogP contribution in [0.2, 0.25) is 0 Å². The van der Waals surface area contributed by atoms with Gasteiger partial charge in [0.1, 0.15) is 0 Å². The number of thiophene rings is 1. The number of amides is 1. The zero-order valence-electron chi connectivity index (χ0n) is 11.8. The molecule has 0 aliphatic carbocycles. The molecule has 0 bridgehead atoms. The first-order valence-corrected chi connectivity index (χ1v) is 9.43. The van der Waals surface area contributed by atoms with Gasteiger partial charge in [-0.3, -0.25) is 4.79 Å². The maximum atomic E-state index is 12.7. The van der Waals surface area contributed by atoms with Crippen molar-refractivity contribution >= 4 is 29.0 Å². The Morgan fingerprint density at radius 1 is 1.50 bits per heavy atom. The summed E-state index contributed by atoms with van der Waals surface area (Å²) >= 11 is 3.70. The number of hydrogen-bond acceptors (Lipinski definition) is 4. The van der Waals surface area contributed by atoms with E-state index >= 15 is 0 Å². The van der Waals surface area contributed by atoms with Gasteiger partial charge in [0.2, 0.25) is 0 Å². The summed E-state index contributed by atoms with van der Waals surface area (Å²) in [6.07, 6.45) is 4.52. The van der Waals surface area contributed by atoms with Gasteiger partial charge in [0, 0.05) is 23.7 Å². The van der Waals surface area contributed by atoms with E-state index in [0.717, 1.165) is 49.5 Å². The van der Waals surface area contributed by atoms with E-state index in [-0.39, 0.29) is 5.91 Å². The van der Waals surface area contributed by atoms with E-state index in [4.69, 9.17) is 5.73 Å². The van der Waals surface area contributed by atoms with Gasteiger partial charge in [-0.05, 0) is 55.5 Å². The first kappa shape index (κ1) is 14.4. The van der Waals surface area contributed by atoms with E-state index in [0.29, 0.717) is 5.92 Å². The molecule has 1 amide bonds. The molecule has 0 radical (unpaired) electrons. The smallest absolute Gasteiger partial charge is 0.263 e. The van der Waals surface area contributed by atoms with Gasteiger partial charge in [0.05, 0.1) is 4.88 Å². The number of hydrogen-bond donors (Lipinski definition) is 1. The first-order valence-electron chi connectivity index (χ1n) is 7.46. The molecule has 1 aromatic heterocycles. The zero-order chi connectivity index (χ0) is 13.9. The van der Waals surface area contributed by atoms with Crippen molar-refractivity contribution < 1.29 is 4.79 Å². The van der Waals surface area contributed by atoms with Crippen molar-refractivity contribution in [1.29, 1.82) is 0 Å². The molecule has 3 rings (SSSR count).